The topological polar surface area (TPSA) is 39.1 Å². The van der Waals surface area contributed by atoms with Crippen LogP contribution in [-0.2, 0) is 0 Å². The van der Waals surface area contributed by atoms with Crippen molar-refractivity contribution in [1.29, 1.82) is 5.26 Å². The van der Waals surface area contributed by atoms with Crippen LogP contribution in [0, 0.1) is 17.2 Å². The summed E-state index contributed by atoms with van der Waals surface area (Å²) in [5, 5.41) is 12.0. The van der Waals surface area contributed by atoms with Crippen LogP contribution in [0.5, 0.6) is 0 Å². The van der Waals surface area contributed by atoms with E-state index in [1.165, 1.54) is 38.6 Å². The molecule has 1 aliphatic carbocycles. The Morgan fingerprint density at radius 2 is 2.20 bits per heavy atom. The van der Waals surface area contributed by atoms with Crippen LogP contribution in [-0.4, -0.2) is 37.1 Å². The fourth-order valence-corrected chi connectivity index (χ4v) is 3.16. The Morgan fingerprint density at radius 1 is 1.40 bits per heavy atom. The summed E-state index contributed by atoms with van der Waals surface area (Å²) in [6.45, 7) is 2.11. The van der Waals surface area contributed by atoms with Crippen LogP contribution in [0.3, 0.4) is 0 Å². The molecule has 0 radical (unpaired) electrons. The van der Waals surface area contributed by atoms with E-state index >= 15 is 0 Å². The summed E-state index contributed by atoms with van der Waals surface area (Å²) in [5.41, 5.74) is 0. The Kier molecular flexibility index (Phi) is 3.61. The molecule has 3 heteroatoms. The molecule has 3 unspecified atom stereocenters. The highest BCUT2D eigenvalue weighted by Crippen LogP contribution is 2.35. The highest BCUT2D eigenvalue weighted by molar-refractivity contribution is 4.96. The molecule has 2 aliphatic rings. The molecule has 84 valence electrons. The molecule has 0 spiro atoms. The molecule has 2 rings (SSSR count). The van der Waals surface area contributed by atoms with E-state index in [2.05, 4.69) is 16.3 Å². The van der Waals surface area contributed by atoms with Crippen molar-refractivity contribution >= 4 is 0 Å². The molecule has 3 atom stereocenters. The van der Waals surface area contributed by atoms with Crippen LogP contribution in [0.2, 0.25) is 0 Å². The zero-order valence-corrected chi connectivity index (χ0v) is 9.58. The highest BCUT2D eigenvalue weighted by atomic mass is 15.2. The molecular weight excluding hydrogens is 186 g/mol. The SMILES string of the molecule is CNC(C#N)CN1CCC2CCCCC21. The lowest BCUT2D eigenvalue weighted by atomic mass is 9.85. The maximum atomic E-state index is 8.94. The number of fused-ring (bicyclic) bond motifs is 1. The largest absolute Gasteiger partial charge is 0.304 e. The number of likely N-dealkylation sites (tertiary alicyclic amines) is 1. The third-order valence-corrected chi connectivity index (χ3v) is 4.05. The van der Waals surface area contributed by atoms with Gasteiger partial charge < -0.3 is 5.32 Å². The van der Waals surface area contributed by atoms with Gasteiger partial charge in [0.25, 0.3) is 0 Å². The Bertz CT molecular complexity index is 246. The molecule has 0 aromatic rings. The first-order chi connectivity index (χ1) is 7.35. The lowest BCUT2D eigenvalue weighted by Gasteiger charge is -2.32. The van der Waals surface area contributed by atoms with Crippen molar-refractivity contribution < 1.29 is 0 Å². The van der Waals surface area contributed by atoms with Gasteiger partial charge in [-0.3, -0.25) is 4.90 Å². The molecule has 0 aromatic carbocycles. The van der Waals surface area contributed by atoms with Crippen molar-refractivity contribution in [3.05, 3.63) is 0 Å². The van der Waals surface area contributed by atoms with E-state index in [9.17, 15) is 0 Å². The summed E-state index contributed by atoms with van der Waals surface area (Å²) >= 11 is 0. The first-order valence-corrected chi connectivity index (χ1v) is 6.16. The van der Waals surface area contributed by atoms with Crippen LogP contribution in [0.25, 0.3) is 0 Å². The smallest absolute Gasteiger partial charge is 0.108 e. The average Bonchev–Trinajstić information content (AvgIpc) is 2.69. The van der Waals surface area contributed by atoms with Crippen LogP contribution in [0.15, 0.2) is 0 Å². The number of nitrogens with zero attached hydrogens (tertiary/aromatic N) is 2. The number of hydrogen-bond acceptors (Lipinski definition) is 3. The quantitative estimate of drug-likeness (QED) is 0.759. The van der Waals surface area contributed by atoms with E-state index in [4.69, 9.17) is 5.26 Å². The van der Waals surface area contributed by atoms with Gasteiger partial charge in [0.15, 0.2) is 0 Å². The number of likely N-dealkylation sites (N-methyl/N-ethyl adjacent to an activating group) is 1. The van der Waals surface area contributed by atoms with Crippen LogP contribution >= 0.6 is 0 Å². The summed E-state index contributed by atoms with van der Waals surface area (Å²) < 4.78 is 0. The molecule has 1 saturated carbocycles. The van der Waals surface area contributed by atoms with Crippen LogP contribution in [0.4, 0.5) is 0 Å². The van der Waals surface area contributed by atoms with Gasteiger partial charge in [-0.15, -0.1) is 0 Å². The third kappa shape index (κ3) is 2.32. The maximum absolute atomic E-state index is 8.94. The van der Waals surface area contributed by atoms with Gasteiger partial charge in [0.2, 0.25) is 0 Å². The molecule has 0 bridgehead atoms. The van der Waals surface area contributed by atoms with E-state index < -0.39 is 0 Å². The number of nitriles is 1. The van der Waals surface area contributed by atoms with Gasteiger partial charge in [-0.1, -0.05) is 12.8 Å². The average molecular weight is 207 g/mol. The molecular formula is C12H21N3. The van der Waals surface area contributed by atoms with Crippen molar-refractivity contribution in [2.75, 3.05) is 20.1 Å². The van der Waals surface area contributed by atoms with Crippen molar-refractivity contribution in [2.24, 2.45) is 5.92 Å². The van der Waals surface area contributed by atoms with Crippen molar-refractivity contribution in [3.8, 4) is 6.07 Å². The normalized spacial score (nSPS) is 33.3. The Balaban J connectivity index is 1.90. The highest BCUT2D eigenvalue weighted by Gasteiger charge is 2.36. The zero-order chi connectivity index (χ0) is 10.7. The fourth-order valence-electron chi connectivity index (χ4n) is 3.16. The van der Waals surface area contributed by atoms with Gasteiger partial charge in [0.1, 0.15) is 6.04 Å². The van der Waals surface area contributed by atoms with Crippen LogP contribution in [0.1, 0.15) is 32.1 Å². The van der Waals surface area contributed by atoms with Gasteiger partial charge >= 0.3 is 0 Å². The molecule has 2 fully saturated rings. The predicted molar refractivity (Wildman–Crippen MR) is 60.4 cm³/mol. The van der Waals surface area contributed by atoms with E-state index in [0.29, 0.717) is 0 Å². The zero-order valence-electron chi connectivity index (χ0n) is 9.58. The standard InChI is InChI=1S/C12H21N3/c1-14-11(8-13)9-15-7-6-10-4-2-3-5-12(10)15/h10-12,14H,2-7,9H2,1H3. The minimum absolute atomic E-state index is 0.00526. The summed E-state index contributed by atoms with van der Waals surface area (Å²) in [4.78, 5) is 2.54. The van der Waals surface area contributed by atoms with Crippen molar-refractivity contribution in [2.45, 2.75) is 44.2 Å². The second-order valence-electron chi connectivity index (χ2n) is 4.87. The van der Waals surface area contributed by atoms with E-state index in [1.807, 2.05) is 7.05 Å². The second-order valence-corrected chi connectivity index (χ2v) is 4.87. The lowest BCUT2D eigenvalue weighted by molar-refractivity contribution is 0.176. The Labute approximate surface area is 92.4 Å². The van der Waals surface area contributed by atoms with Crippen molar-refractivity contribution in [3.63, 3.8) is 0 Å². The summed E-state index contributed by atoms with van der Waals surface area (Å²) in [7, 11) is 1.88. The summed E-state index contributed by atoms with van der Waals surface area (Å²) in [6, 6.07) is 3.11. The third-order valence-electron chi connectivity index (χ3n) is 4.05. The summed E-state index contributed by atoms with van der Waals surface area (Å²) in [5.74, 6) is 0.926. The first kappa shape index (κ1) is 10.9. The predicted octanol–water partition coefficient (Wildman–Crippen LogP) is 1.36. The molecule has 15 heavy (non-hydrogen) atoms. The summed E-state index contributed by atoms with van der Waals surface area (Å²) in [6.07, 6.45) is 6.92. The molecule has 1 aliphatic heterocycles. The first-order valence-electron chi connectivity index (χ1n) is 6.16. The molecule has 1 heterocycles. The minimum atomic E-state index is 0.00526. The van der Waals surface area contributed by atoms with E-state index in [-0.39, 0.29) is 6.04 Å². The van der Waals surface area contributed by atoms with Crippen LogP contribution < -0.4 is 5.32 Å². The monoisotopic (exact) mass is 207 g/mol. The Hall–Kier alpha value is -0.590. The molecule has 3 nitrogen and oxygen atoms in total. The Morgan fingerprint density at radius 3 is 2.93 bits per heavy atom. The second kappa shape index (κ2) is 4.96. The lowest BCUT2D eigenvalue weighted by Crippen LogP contribution is -2.43. The maximum Gasteiger partial charge on any atom is 0.108 e. The number of nitrogens with one attached hydrogen (secondary N) is 1. The van der Waals surface area contributed by atoms with Crippen molar-refractivity contribution in [1.82, 2.24) is 10.2 Å². The molecule has 0 aromatic heterocycles. The van der Waals surface area contributed by atoms with Gasteiger partial charge in [0, 0.05) is 12.6 Å². The molecule has 1 N–H and O–H groups in total. The van der Waals surface area contributed by atoms with E-state index in [1.54, 1.807) is 0 Å². The van der Waals surface area contributed by atoms with Gasteiger partial charge in [0.05, 0.1) is 6.07 Å². The fraction of sp³-hybridized carbons (Fsp3) is 0.917. The molecule has 1 saturated heterocycles. The van der Waals surface area contributed by atoms with Gasteiger partial charge in [-0.05, 0) is 38.8 Å². The van der Waals surface area contributed by atoms with Gasteiger partial charge in [-0.25, -0.2) is 0 Å². The van der Waals surface area contributed by atoms with E-state index in [0.717, 1.165) is 18.5 Å². The number of hydrogen-bond donors (Lipinski definition) is 1. The minimum Gasteiger partial charge on any atom is -0.304 e. The van der Waals surface area contributed by atoms with Gasteiger partial charge in [-0.2, -0.15) is 5.26 Å². The molecule has 0 amide bonds. The number of rotatable bonds is 3.